The third-order valence-corrected chi connectivity index (χ3v) is 5.77. The number of hydrogen-bond acceptors (Lipinski definition) is 7. The quantitative estimate of drug-likeness (QED) is 0.682. The number of aromatic nitrogens is 3. The minimum atomic E-state index is -0.676. The SMILES string of the molecule is CCOC(=O)C1=C(C)NC(C)=C(C(=O)OCC)C1c1cn(CC2CCCCC2)nn1. The van der Waals surface area contributed by atoms with Gasteiger partial charge in [-0.05, 0) is 46.5 Å². The lowest BCUT2D eigenvalue weighted by Gasteiger charge is -2.28. The molecule has 0 radical (unpaired) electrons. The number of carbonyl (C=O) groups excluding carboxylic acids is 2. The molecule has 2 aliphatic rings. The first-order chi connectivity index (χ1) is 14.5. The monoisotopic (exact) mass is 416 g/mol. The highest BCUT2D eigenvalue weighted by Gasteiger charge is 2.39. The topological polar surface area (TPSA) is 95.3 Å². The molecule has 0 aromatic carbocycles. The van der Waals surface area contributed by atoms with Gasteiger partial charge in [-0.1, -0.05) is 24.5 Å². The van der Waals surface area contributed by atoms with Gasteiger partial charge in [-0.15, -0.1) is 5.10 Å². The van der Waals surface area contributed by atoms with E-state index < -0.39 is 17.9 Å². The zero-order valence-corrected chi connectivity index (χ0v) is 18.4. The Labute approximate surface area is 177 Å². The van der Waals surface area contributed by atoms with Crippen LogP contribution in [0, 0.1) is 5.92 Å². The van der Waals surface area contributed by atoms with Gasteiger partial charge in [0, 0.05) is 24.1 Å². The highest BCUT2D eigenvalue weighted by atomic mass is 16.5. The van der Waals surface area contributed by atoms with E-state index in [9.17, 15) is 9.59 Å². The van der Waals surface area contributed by atoms with Crippen LogP contribution in [0.15, 0.2) is 28.7 Å². The van der Waals surface area contributed by atoms with Crippen molar-refractivity contribution in [1.82, 2.24) is 20.3 Å². The molecule has 0 spiro atoms. The zero-order valence-electron chi connectivity index (χ0n) is 18.4. The molecule has 30 heavy (non-hydrogen) atoms. The van der Waals surface area contributed by atoms with Crippen molar-refractivity contribution < 1.29 is 19.1 Å². The van der Waals surface area contributed by atoms with Crippen LogP contribution in [0.3, 0.4) is 0 Å². The van der Waals surface area contributed by atoms with Crippen molar-refractivity contribution in [3.63, 3.8) is 0 Å². The van der Waals surface area contributed by atoms with E-state index in [1.807, 2.05) is 10.9 Å². The van der Waals surface area contributed by atoms with Crippen molar-refractivity contribution in [2.24, 2.45) is 5.92 Å². The van der Waals surface area contributed by atoms with Gasteiger partial charge in [0.15, 0.2) is 0 Å². The van der Waals surface area contributed by atoms with E-state index in [1.165, 1.54) is 32.1 Å². The number of dihydropyridines is 1. The standard InChI is InChI=1S/C22H32N4O4/c1-5-29-21(27)18-14(3)23-15(4)19(22(28)30-6-2)20(18)17-13-26(25-24-17)12-16-10-8-7-9-11-16/h13,16,20,23H,5-12H2,1-4H3. The van der Waals surface area contributed by atoms with Gasteiger partial charge in [0.25, 0.3) is 0 Å². The average Bonchev–Trinajstić information content (AvgIpc) is 3.16. The first kappa shape index (κ1) is 22.1. The molecule has 0 unspecified atom stereocenters. The Balaban J connectivity index is 1.97. The minimum absolute atomic E-state index is 0.244. The first-order valence-corrected chi connectivity index (χ1v) is 10.9. The molecule has 164 valence electrons. The summed E-state index contributed by atoms with van der Waals surface area (Å²) in [4.78, 5) is 25.6. The van der Waals surface area contributed by atoms with E-state index in [0.29, 0.717) is 34.2 Å². The Kier molecular flexibility index (Phi) is 7.29. The Morgan fingerprint density at radius 1 is 1.03 bits per heavy atom. The normalized spacial score (nSPS) is 18.4. The molecule has 8 nitrogen and oxygen atoms in total. The number of ether oxygens (including phenoxy) is 2. The summed E-state index contributed by atoms with van der Waals surface area (Å²) in [7, 11) is 0. The summed E-state index contributed by atoms with van der Waals surface area (Å²) in [5.74, 6) is -1.03. The van der Waals surface area contributed by atoms with Crippen LogP contribution in [0.1, 0.15) is 71.4 Å². The molecule has 0 saturated heterocycles. The van der Waals surface area contributed by atoms with E-state index in [4.69, 9.17) is 9.47 Å². The van der Waals surface area contributed by atoms with Gasteiger partial charge >= 0.3 is 11.9 Å². The molecule has 8 heteroatoms. The second-order valence-corrected chi connectivity index (χ2v) is 7.95. The third-order valence-electron chi connectivity index (χ3n) is 5.77. The molecule has 0 atom stereocenters. The van der Waals surface area contributed by atoms with Gasteiger partial charge in [-0.2, -0.15) is 0 Å². The van der Waals surface area contributed by atoms with Gasteiger partial charge in [0.05, 0.1) is 36.0 Å². The lowest BCUT2D eigenvalue weighted by molar-refractivity contribution is -0.139. The third kappa shape index (κ3) is 4.74. The molecule has 1 N–H and O–H groups in total. The summed E-state index contributed by atoms with van der Waals surface area (Å²) in [5, 5.41) is 11.8. The number of rotatable bonds is 7. The van der Waals surface area contributed by atoms with E-state index in [2.05, 4.69) is 15.6 Å². The van der Waals surface area contributed by atoms with Crippen molar-refractivity contribution in [1.29, 1.82) is 0 Å². The van der Waals surface area contributed by atoms with Crippen molar-refractivity contribution in [2.75, 3.05) is 13.2 Å². The van der Waals surface area contributed by atoms with Crippen LogP contribution >= 0.6 is 0 Å². The molecule has 1 aliphatic carbocycles. The number of carbonyl (C=O) groups is 2. The summed E-state index contributed by atoms with van der Waals surface area (Å²) >= 11 is 0. The van der Waals surface area contributed by atoms with Gasteiger partial charge in [0.1, 0.15) is 0 Å². The lowest BCUT2D eigenvalue weighted by atomic mass is 9.83. The van der Waals surface area contributed by atoms with Crippen molar-refractivity contribution in [2.45, 2.75) is 72.3 Å². The zero-order chi connectivity index (χ0) is 21.7. The number of nitrogens with one attached hydrogen (secondary N) is 1. The number of allylic oxidation sites excluding steroid dienone is 2. The van der Waals surface area contributed by atoms with E-state index in [-0.39, 0.29) is 13.2 Å². The first-order valence-electron chi connectivity index (χ1n) is 10.9. The molecule has 3 rings (SSSR count). The van der Waals surface area contributed by atoms with Gasteiger partial charge in [-0.3, -0.25) is 4.68 Å². The maximum absolute atomic E-state index is 12.8. The fraction of sp³-hybridized carbons (Fsp3) is 0.636. The second kappa shape index (κ2) is 9.91. The number of nitrogens with zero attached hydrogens (tertiary/aromatic N) is 3. The molecule has 0 bridgehead atoms. The van der Waals surface area contributed by atoms with Crippen LogP contribution in [-0.4, -0.2) is 40.1 Å². The van der Waals surface area contributed by atoms with Gasteiger partial charge in [-0.25, -0.2) is 9.59 Å². The summed E-state index contributed by atoms with van der Waals surface area (Å²) in [6.45, 7) is 8.41. The maximum atomic E-state index is 12.8. The molecule has 1 aliphatic heterocycles. The fourth-order valence-corrected chi connectivity index (χ4v) is 4.42. The maximum Gasteiger partial charge on any atom is 0.336 e. The molecule has 1 aromatic heterocycles. The molecular weight excluding hydrogens is 384 g/mol. The van der Waals surface area contributed by atoms with E-state index in [1.54, 1.807) is 27.7 Å². The fourth-order valence-electron chi connectivity index (χ4n) is 4.42. The van der Waals surface area contributed by atoms with Gasteiger partial charge in [0.2, 0.25) is 0 Å². The van der Waals surface area contributed by atoms with Crippen molar-refractivity contribution in [3.05, 3.63) is 34.4 Å². The Bertz CT molecular complexity index is 809. The molecule has 1 fully saturated rings. The van der Waals surface area contributed by atoms with Crippen LogP contribution in [0.4, 0.5) is 0 Å². The summed E-state index contributed by atoms with van der Waals surface area (Å²) < 4.78 is 12.4. The van der Waals surface area contributed by atoms with E-state index >= 15 is 0 Å². The predicted octanol–water partition coefficient (Wildman–Crippen LogP) is 3.22. The van der Waals surface area contributed by atoms with E-state index in [0.717, 1.165) is 6.54 Å². The number of hydrogen-bond donors (Lipinski definition) is 1. The molecule has 1 saturated carbocycles. The van der Waals surface area contributed by atoms with Crippen LogP contribution in [0.25, 0.3) is 0 Å². The van der Waals surface area contributed by atoms with Crippen LogP contribution < -0.4 is 5.32 Å². The number of esters is 2. The van der Waals surface area contributed by atoms with Crippen LogP contribution in [-0.2, 0) is 25.6 Å². The highest BCUT2D eigenvalue weighted by Crippen LogP contribution is 2.38. The van der Waals surface area contributed by atoms with Crippen LogP contribution in [0.2, 0.25) is 0 Å². The Morgan fingerprint density at radius 2 is 1.60 bits per heavy atom. The second-order valence-electron chi connectivity index (χ2n) is 7.95. The lowest BCUT2D eigenvalue weighted by Crippen LogP contribution is -2.32. The summed E-state index contributed by atoms with van der Waals surface area (Å²) in [6.07, 6.45) is 8.05. The van der Waals surface area contributed by atoms with Gasteiger partial charge < -0.3 is 14.8 Å². The molecular formula is C22H32N4O4. The average molecular weight is 417 g/mol. The molecule has 1 aromatic rings. The Morgan fingerprint density at radius 3 is 2.13 bits per heavy atom. The molecule has 2 heterocycles. The largest absolute Gasteiger partial charge is 0.463 e. The van der Waals surface area contributed by atoms with Crippen molar-refractivity contribution in [3.8, 4) is 0 Å². The molecule has 0 amide bonds. The van der Waals surface area contributed by atoms with Crippen LogP contribution in [0.5, 0.6) is 0 Å². The Hall–Kier alpha value is -2.64. The smallest absolute Gasteiger partial charge is 0.336 e. The summed E-state index contributed by atoms with van der Waals surface area (Å²) in [6, 6.07) is 0. The van der Waals surface area contributed by atoms with Crippen molar-refractivity contribution >= 4 is 11.9 Å². The summed E-state index contributed by atoms with van der Waals surface area (Å²) in [5.41, 5.74) is 2.58. The highest BCUT2D eigenvalue weighted by molar-refractivity contribution is 5.99. The minimum Gasteiger partial charge on any atom is -0.463 e. The predicted molar refractivity (Wildman–Crippen MR) is 111 cm³/mol.